The SMILES string of the molecule is Cc1cc(=O)oc2cc(OCC(O)c3ccccc3F)ccc12. The molecule has 3 aromatic rings. The first-order valence-electron chi connectivity index (χ1n) is 7.14. The van der Waals surface area contributed by atoms with Crippen molar-refractivity contribution in [3.05, 3.63) is 75.9 Å². The highest BCUT2D eigenvalue weighted by Gasteiger charge is 2.13. The van der Waals surface area contributed by atoms with Crippen molar-refractivity contribution in [1.29, 1.82) is 0 Å². The minimum atomic E-state index is -1.09. The normalized spacial score (nSPS) is 12.3. The molecular weight excluding hydrogens is 299 g/mol. The Bertz CT molecular complexity index is 901. The van der Waals surface area contributed by atoms with Gasteiger partial charge in [0.15, 0.2) is 0 Å². The summed E-state index contributed by atoms with van der Waals surface area (Å²) in [6.07, 6.45) is -1.09. The maximum absolute atomic E-state index is 13.6. The molecule has 0 spiro atoms. The van der Waals surface area contributed by atoms with E-state index in [9.17, 15) is 14.3 Å². The van der Waals surface area contributed by atoms with E-state index in [1.165, 1.54) is 18.2 Å². The lowest BCUT2D eigenvalue weighted by Crippen LogP contribution is -2.11. The Labute approximate surface area is 131 Å². The Morgan fingerprint density at radius 2 is 2.00 bits per heavy atom. The quantitative estimate of drug-likeness (QED) is 0.750. The van der Waals surface area contributed by atoms with Gasteiger partial charge in [-0.1, -0.05) is 18.2 Å². The number of aliphatic hydroxyl groups excluding tert-OH is 1. The van der Waals surface area contributed by atoms with Crippen LogP contribution in [0, 0.1) is 12.7 Å². The molecule has 118 valence electrons. The summed E-state index contributed by atoms with van der Waals surface area (Å²) in [5.74, 6) is -0.0506. The minimum absolute atomic E-state index is 0.109. The van der Waals surface area contributed by atoms with Crippen molar-refractivity contribution in [3.8, 4) is 5.75 Å². The number of rotatable bonds is 4. The van der Waals surface area contributed by atoms with Crippen molar-refractivity contribution in [1.82, 2.24) is 0 Å². The van der Waals surface area contributed by atoms with Crippen LogP contribution in [0.5, 0.6) is 5.75 Å². The highest BCUT2D eigenvalue weighted by atomic mass is 19.1. The number of aryl methyl sites for hydroxylation is 1. The second kappa shape index (κ2) is 6.22. The molecule has 2 aromatic carbocycles. The van der Waals surface area contributed by atoms with Crippen molar-refractivity contribution in [2.75, 3.05) is 6.61 Å². The molecule has 4 nitrogen and oxygen atoms in total. The lowest BCUT2D eigenvalue weighted by atomic mass is 10.1. The van der Waals surface area contributed by atoms with Crippen LogP contribution in [0.4, 0.5) is 4.39 Å². The second-order valence-electron chi connectivity index (χ2n) is 5.25. The summed E-state index contributed by atoms with van der Waals surface area (Å²) in [6, 6.07) is 12.5. The number of benzene rings is 2. The molecule has 0 saturated heterocycles. The van der Waals surface area contributed by atoms with E-state index in [1.807, 2.05) is 6.92 Å². The molecule has 0 aliphatic rings. The van der Waals surface area contributed by atoms with E-state index in [-0.39, 0.29) is 12.2 Å². The summed E-state index contributed by atoms with van der Waals surface area (Å²) >= 11 is 0. The zero-order chi connectivity index (χ0) is 16.4. The van der Waals surface area contributed by atoms with E-state index in [0.29, 0.717) is 11.3 Å². The molecule has 0 saturated carbocycles. The summed E-state index contributed by atoms with van der Waals surface area (Å²) in [5, 5.41) is 10.8. The Hall–Kier alpha value is -2.66. The predicted octanol–water partition coefficient (Wildman–Crippen LogP) is 3.35. The molecule has 0 radical (unpaired) electrons. The number of fused-ring (bicyclic) bond motifs is 1. The van der Waals surface area contributed by atoms with Crippen LogP contribution in [0.25, 0.3) is 11.0 Å². The van der Waals surface area contributed by atoms with Crippen LogP contribution in [0.1, 0.15) is 17.2 Å². The molecule has 0 fully saturated rings. The Kier molecular flexibility index (Phi) is 4.12. The molecule has 0 amide bonds. The summed E-state index contributed by atoms with van der Waals surface area (Å²) in [4.78, 5) is 11.4. The number of halogens is 1. The Morgan fingerprint density at radius 3 is 2.78 bits per heavy atom. The van der Waals surface area contributed by atoms with Crippen molar-refractivity contribution in [2.45, 2.75) is 13.0 Å². The molecule has 1 N–H and O–H groups in total. The first kappa shape index (κ1) is 15.2. The molecule has 5 heteroatoms. The van der Waals surface area contributed by atoms with Crippen molar-refractivity contribution in [2.24, 2.45) is 0 Å². The average Bonchev–Trinajstić information content (AvgIpc) is 2.52. The molecule has 23 heavy (non-hydrogen) atoms. The van der Waals surface area contributed by atoms with E-state index < -0.39 is 17.5 Å². The highest BCUT2D eigenvalue weighted by Crippen LogP contribution is 2.24. The van der Waals surface area contributed by atoms with Crippen LogP contribution in [0.3, 0.4) is 0 Å². The monoisotopic (exact) mass is 314 g/mol. The van der Waals surface area contributed by atoms with E-state index in [0.717, 1.165) is 10.9 Å². The minimum Gasteiger partial charge on any atom is -0.490 e. The average molecular weight is 314 g/mol. The largest absolute Gasteiger partial charge is 0.490 e. The van der Waals surface area contributed by atoms with Gasteiger partial charge in [-0.15, -0.1) is 0 Å². The third-order valence-electron chi connectivity index (χ3n) is 3.59. The van der Waals surface area contributed by atoms with Crippen LogP contribution in [0.2, 0.25) is 0 Å². The van der Waals surface area contributed by atoms with Crippen LogP contribution in [0.15, 0.2) is 57.7 Å². The molecule has 3 rings (SSSR count). The third-order valence-corrected chi connectivity index (χ3v) is 3.59. The molecule has 0 aliphatic carbocycles. The molecular formula is C18H15FO4. The van der Waals surface area contributed by atoms with Gasteiger partial charge in [-0.2, -0.15) is 0 Å². The molecule has 1 atom stereocenters. The topological polar surface area (TPSA) is 59.7 Å². The maximum Gasteiger partial charge on any atom is 0.336 e. The van der Waals surface area contributed by atoms with Gasteiger partial charge in [0.05, 0.1) is 0 Å². The molecule has 1 aromatic heterocycles. The van der Waals surface area contributed by atoms with Gasteiger partial charge < -0.3 is 14.3 Å². The number of ether oxygens (including phenoxy) is 1. The Balaban J connectivity index is 1.79. The summed E-state index contributed by atoms with van der Waals surface area (Å²) in [6.45, 7) is 1.71. The van der Waals surface area contributed by atoms with Gasteiger partial charge in [0.1, 0.15) is 29.9 Å². The fourth-order valence-corrected chi connectivity index (χ4v) is 2.41. The molecule has 0 bridgehead atoms. The van der Waals surface area contributed by atoms with E-state index in [2.05, 4.69) is 0 Å². The zero-order valence-corrected chi connectivity index (χ0v) is 12.5. The van der Waals surface area contributed by atoms with Gasteiger partial charge in [0.25, 0.3) is 0 Å². The summed E-state index contributed by atoms with van der Waals surface area (Å²) < 4.78 is 24.2. The van der Waals surface area contributed by atoms with Crippen LogP contribution in [-0.4, -0.2) is 11.7 Å². The number of hydrogen-bond donors (Lipinski definition) is 1. The van der Waals surface area contributed by atoms with Crippen LogP contribution >= 0.6 is 0 Å². The van der Waals surface area contributed by atoms with Gasteiger partial charge in [0, 0.05) is 23.1 Å². The van der Waals surface area contributed by atoms with Gasteiger partial charge in [-0.3, -0.25) is 0 Å². The predicted molar refractivity (Wildman–Crippen MR) is 84.1 cm³/mol. The van der Waals surface area contributed by atoms with Gasteiger partial charge in [0.2, 0.25) is 0 Å². The first-order chi connectivity index (χ1) is 11.0. The Morgan fingerprint density at radius 1 is 1.22 bits per heavy atom. The zero-order valence-electron chi connectivity index (χ0n) is 12.5. The van der Waals surface area contributed by atoms with Gasteiger partial charge in [-0.25, -0.2) is 9.18 Å². The van der Waals surface area contributed by atoms with E-state index in [1.54, 1.807) is 30.3 Å². The van der Waals surface area contributed by atoms with Crippen molar-refractivity contribution >= 4 is 11.0 Å². The summed E-state index contributed by atoms with van der Waals surface area (Å²) in [5.41, 5.74) is 0.969. The maximum atomic E-state index is 13.6. The number of hydrogen-bond acceptors (Lipinski definition) is 4. The fraction of sp³-hybridized carbons (Fsp3) is 0.167. The summed E-state index contributed by atoms with van der Waals surface area (Å²) in [7, 11) is 0. The lowest BCUT2D eigenvalue weighted by Gasteiger charge is -2.13. The van der Waals surface area contributed by atoms with Crippen molar-refractivity contribution in [3.63, 3.8) is 0 Å². The van der Waals surface area contributed by atoms with Crippen molar-refractivity contribution < 1.29 is 18.7 Å². The number of aliphatic hydroxyl groups is 1. The second-order valence-corrected chi connectivity index (χ2v) is 5.25. The van der Waals surface area contributed by atoms with Crippen LogP contribution in [-0.2, 0) is 0 Å². The fourth-order valence-electron chi connectivity index (χ4n) is 2.41. The lowest BCUT2D eigenvalue weighted by molar-refractivity contribution is 0.105. The highest BCUT2D eigenvalue weighted by molar-refractivity contribution is 5.81. The third kappa shape index (κ3) is 3.24. The first-order valence-corrected chi connectivity index (χ1v) is 7.14. The van der Waals surface area contributed by atoms with Gasteiger partial charge in [-0.05, 0) is 30.7 Å². The van der Waals surface area contributed by atoms with E-state index in [4.69, 9.17) is 9.15 Å². The molecule has 0 aliphatic heterocycles. The van der Waals surface area contributed by atoms with E-state index >= 15 is 0 Å². The molecule has 1 heterocycles. The van der Waals surface area contributed by atoms with Crippen LogP contribution < -0.4 is 10.4 Å². The smallest absolute Gasteiger partial charge is 0.336 e. The van der Waals surface area contributed by atoms with Gasteiger partial charge >= 0.3 is 5.63 Å². The molecule has 1 unspecified atom stereocenters. The standard InChI is InChI=1S/C18H15FO4/c1-11-8-18(21)23-17-9-12(6-7-13(11)17)22-10-16(20)14-4-2-3-5-15(14)19/h2-9,16,20H,10H2,1H3.